The molecule has 0 bridgehead atoms. The fourth-order valence-corrected chi connectivity index (χ4v) is 6.29. The summed E-state index contributed by atoms with van der Waals surface area (Å²) in [6, 6.07) is 17.7. The van der Waals surface area contributed by atoms with Crippen LogP contribution in [0.5, 0.6) is 0 Å². The summed E-state index contributed by atoms with van der Waals surface area (Å²) in [6.07, 6.45) is 0. The van der Waals surface area contributed by atoms with Crippen LogP contribution in [0.25, 0.3) is 22.3 Å². The maximum atomic E-state index is 6.79. The Hall–Kier alpha value is -0.450. The van der Waals surface area contributed by atoms with E-state index in [1.807, 2.05) is 24.3 Å². The molecule has 0 aromatic heterocycles. The first-order valence-electron chi connectivity index (χ1n) is 9.22. The van der Waals surface area contributed by atoms with Crippen molar-refractivity contribution >= 4 is 105 Å². The molecule has 0 radical (unpaired) electrons. The van der Waals surface area contributed by atoms with Crippen molar-refractivity contribution in [3.05, 3.63) is 101 Å². The smallest absolute Gasteiger partial charge is 0.0686 e. The van der Waals surface area contributed by atoms with Gasteiger partial charge in [-0.2, -0.15) is 0 Å². The first-order chi connectivity index (χ1) is 15.7. The van der Waals surface area contributed by atoms with E-state index in [1.165, 1.54) is 11.8 Å². The molecule has 0 aliphatic rings. The SMILES string of the molecule is Clc1ccc(-c2c(Cl)c(Cl)cc(Sc3cc(Cl)c(Cl)c(-c4ccc(Cl)cc4)c3Cl)c2Cl)cc1. The quantitative estimate of drug-likeness (QED) is 0.206. The lowest BCUT2D eigenvalue weighted by atomic mass is 10.1. The van der Waals surface area contributed by atoms with Gasteiger partial charge < -0.3 is 0 Å². The summed E-state index contributed by atoms with van der Waals surface area (Å²) in [5.41, 5.74) is 2.75. The molecule has 0 aliphatic carbocycles. The van der Waals surface area contributed by atoms with E-state index in [2.05, 4.69) is 0 Å². The van der Waals surface area contributed by atoms with Gasteiger partial charge in [-0.05, 0) is 47.5 Å². The van der Waals surface area contributed by atoms with Gasteiger partial charge in [-0.3, -0.25) is 0 Å². The van der Waals surface area contributed by atoms with E-state index in [0.717, 1.165) is 11.1 Å². The van der Waals surface area contributed by atoms with Crippen molar-refractivity contribution in [1.29, 1.82) is 0 Å². The molecule has 0 saturated carbocycles. The van der Waals surface area contributed by atoms with E-state index in [9.17, 15) is 0 Å². The summed E-state index contributed by atoms with van der Waals surface area (Å²) < 4.78 is 0. The highest BCUT2D eigenvalue weighted by atomic mass is 35.5. The highest BCUT2D eigenvalue weighted by Gasteiger charge is 2.21. The van der Waals surface area contributed by atoms with Crippen LogP contribution in [-0.2, 0) is 0 Å². The van der Waals surface area contributed by atoms with Gasteiger partial charge in [0.25, 0.3) is 0 Å². The first-order valence-corrected chi connectivity index (χ1v) is 13.1. The number of hydrogen-bond donors (Lipinski definition) is 0. The normalized spacial score (nSPS) is 11.2. The van der Waals surface area contributed by atoms with Crippen molar-refractivity contribution in [2.45, 2.75) is 9.79 Å². The second-order valence-electron chi connectivity index (χ2n) is 6.83. The molecular weight excluding hydrogens is 604 g/mol. The molecule has 0 unspecified atom stereocenters. The van der Waals surface area contributed by atoms with E-state index in [-0.39, 0.29) is 0 Å². The Morgan fingerprint density at radius 3 is 1.09 bits per heavy atom. The van der Waals surface area contributed by atoms with Crippen LogP contribution in [0.15, 0.2) is 70.5 Å². The molecule has 0 amide bonds. The number of hydrogen-bond acceptors (Lipinski definition) is 1. The summed E-state index contributed by atoms with van der Waals surface area (Å²) in [6.45, 7) is 0. The minimum atomic E-state index is 0.343. The van der Waals surface area contributed by atoms with E-state index < -0.39 is 0 Å². The Morgan fingerprint density at radius 2 is 0.758 bits per heavy atom. The van der Waals surface area contributed by atoms with Crippen LogP contribution in [0.4, 0.5) is 0 Å². The second kappa shape index (κ2) is 10.7. The standard InChI is InChI=1S/C24H10Cl8S/c25-13-5-1-11(2-6-13)19-21(29)15(27)9-17(23(19)31)33-18-10-16(28)22(30)20(24(18)32)12-3-7-14(26)8-4-12/h1-10H. The molecule has 9 heteroatoms. The molecule has 0 aliphatic heterocycles. The van der Waals surface area contributed by atoms with Crippen LogP contribution in [0.3, 0.4) is 0 Å². The van der Waals surface area contributed by atoms with Gasteiger partial charge in [-0.1, -0.05) is 129 Å². The number of rotatable bonds is 4. The van der Waals surface area contributed by atoms with Crippen LogP contribution < -0.4 is 0 Å². The number of halogens is 8. The van der Waals surface area contributed by atoms with Gasteiger partial charge in [0, 0.05) is 31.0 Å². The molecular formula is C24H10Cl8S. The molecule has 0 atom stereocenters. The van der Waals surface area contributed by atoms with E-state index >= 15 is 0 Å². The third kappa shape index (κ3) is 5.38. The zero-order valence-electron chi connectivity index (χ0n) is 16.2. The van der Waals surface area contributed by atoms with Crippen LogP contribution in [0.2, 0.25) is 40.2 Å². The molecule has 0 nitrogen and oxygen atoms in total. The predicted molar refractivity (Wildman–Crippen MR) is 148 cm³/mol. The van der Waals surface area contributed by atoms with Crippen LogP contribution in [-0.4, -0.2) is 0 Å². The molecule has 0 saturated heterocycles. The van der Waals surface area contributed by atoms with Gasteiger partial charge >= 0.3 is 0 Å². The molecule has 4 aromatic rings. The van der Waals surface area contributed by atoms with Gasteiger partial charge in [-0.25, -0.2) is 0 Å². The minimum absolute atomic E-state index is 0.343. The fourth-order valence-electron chi connectivity index (χ4n) is 3.17. The lowest BCUT2D eigenvalue weighted by molar-refractivity contribution is 1.40. The van der Waals surface area contributed by atoms with Crippen molar-refractivity contribution < 1.29 is 0 Å². The van der Waals surface area contributed by atoms with E-state index in [1.54, 1.807) is 36.4 Å². The zero-order valence-corrected chi connectivity index (χ0v) is 23.1. The summed E-state index contributed by atoms with van der Waals surface area (Å²) in [5, 5.41) is 3.43. The summed E-state index contributed by atoms with van der Waals surface area (Å²) in [5.74, 6) is 0. The second-order valence-corrected chi connectivity index (χ2v) is 11.1. The third-order valence-electron chi connectivity index (χ3n) is 4.73. The molecule has 4 aromatic carbocycles. The molecule has 168 valence electrons. The predicted octanol–water partition coefficient (Wildman–Crippen LogP) is 12.4. The Morgan fingerprint density at radius 1 is 0.424 bits per heavy atom. The zero-order chi connectivity index (χ0) is 23.9. The molecule has 4 rings (SSSR count). The van der Waals surface area contributed by atoms with Gasteiger partial charge in [0.1, 0.15) is 0 Å². The Kier molecular flexibility index (Phi) is 8.28. The third-order valence-corrected chi connectivity index (χ3v) is 8.90. The Labute approximate surface area is 235 Å². The maximum Gasteiger partial charge on any atom is 0.0686 e. The van der Waals surface area contributed by atoms with Gasteiger partial charge in [0.15, 0.2) is 0 Å². The highest BCUT2D eigenvalue weighted by molar-refractivity contribution is 7.99. The van der Waals surface area contributed by atoms with Crippen LogP contribution in [0.1, 0.15) is 0 Å². The van der Waals surface area contributed by atoms with Crippen LogP contribution >= 0.6 is 105 Å². The summed E-state index contributed by atoms with van der Waals surface area (Å²) in [4.78, 5) is 1.30. The largest absolute Gasteiger partial charge is 0.0868 e. The Bertz CT molecular complexity index is 1240. The molecule has 0 heterocycles. The van der Waals surface area contributed by atoms with Gasteiger partial charge in [-0.15, -0.1) is 0 Å². The van der Waals surface area contributed by atoms with E-state index in [4.69, 9.17) is 92.8 Å². The highest BCUT2D eigenvalue weighted by Crippen LogP contribution is 2.50. The van der Waals surface area contributed by atoms with Crippen molar-refractivity contribution in [3.8, 4) is 22.3 Å². The average Bonchev–Trinajstić information content (AvgIpc) is 2.78. The van der Waals surface area contributed by atoms with Gasteiger partial charge in [0.2, 0.25) is 0 Å². The average molecular weight is 614 g/mol. The lowest BCUT2D eigenvalue weighted by Gasteiger charge is -2.16. The van der Waals surface area contributed by atoms with Crippen LogP contribution in [0, 0.1) is 0 Å². The summed E-state index contributed by atoms with van der Waals surface area (Å²) in [7, 11) is 0. The van der Waals surface area contributed by atoms with Crippen molar-refractivity contribution in [2.24, 2.45) is 0 Å². The lowest BCUT2D eigenvalue weighted by Crippen LogP contribution is -1.89. The topological polar surface area (TPSA) is 0 Å². The van der Waals surface area contributed by atoms with Crippen molar-refractivity contribution in [3.63, 3.8) is 0 Å². The monoisotopic (exact) mass is 610 g/mol. The molecule has 0 fully saturated rings. The van der Waals surface area contributed by atoms with Crippen molar-refractivity contribution in [2.75, 3.05) is 0 Å². The molecule has 0 N–H and O–H groups in total. The van der Waals surface area contributed by atoms with Crippen molar-refractivity contribution in [1.82, 2.24) is 0 Å². The van der Waals surface area contributed by atoms with E-state index in [0.29, 0.717) is 61.1 Å². The van der Waals surface area contributed by atoms with Gasteiger partial charge in [0.05, 0.1) is 30.1 Å². The minimum Gasteiger partial charge on any atom is -0.0868 e. The Balaban J connectivity index is 1.85. The fraction of sp³-hybridized carbons (Fsp3) is 0. The first kappa shape index (κ1) is 25.6. The maximum absolute atomic E-state index is 6.79. The number of benzene rings is 4. The summed E-state index contributed by atoms with van der Waals surface area (Å²) >= 11 is 52.9. The molecule has 0 spiro atoms. The molecule has 33 heavy (non-hydrogen) atoms.